The molecule has 0 N–H and O–H groups in total. The molecule has 1 aromatic rings. The fourth-order valence-electron chi connectivity index (χ4n) is 1.80. The summed E-state index contributed by atoms with van der Waals surface area (Å²) in [7, 11) is 1.61. The van der Waals surface area contributed by atoms with E-state index in [1.165, 1.54) is 4.90 Å². The van der Waals surface area contributed by atoms with Crippen molar-refractivity contribution in [3.63, 3.8) is 0 Å². The van der Waals surface area contributed by atoms with Crippen LogP contribution in [0.15, 0.2) is 21.2 Å². The topological polar surface area (TPSA) is 53.8 Å². The highest BCUT2D eigenvalue weighted by molar-refractivity contribution is 9.10. The minimum atomic E-state index is -0.287. The summed E-state index contributed by atoms with van der Waals surface area (Å²) in [6, 6.07) is 3.25. The van der Waals surface area contributed by atoms with Gasteiger partial charge in [0.15, 0.2) is 10.4 Å². The summed E-state index contributed by atoms with van der Waals surface area (Å²) in [5.74, 6) is 1.87. The van der Waals surface area contributed by atoms with Gasteiger partial charge in [-0.05, 0) is 28.1 Å². The maximum absolute atomic E-state index is 12.0. The standard InChI is InChI=1S/C12H15BrN2O3S/c1-14(12(17)9-2-3-10(13)18-9)8-11(16)15-4-6-19-7-5-15/h2-3H,4-8H2,1H3. The van der Waals surface area contributed by atoms with Crippen molar-refractivity contribution in [1.82, 2.24) is 9.80 Å². The predicted octanol–water partition coefficient (Wildman–Crippen LogP) is 1.69. The van der Waals surface area contributed by atoms with Crippen LogP contribution in [-0.2, 0) is 4.79 Å². The Kier molecular flexibility index (Phi) is 4.93. The van der Waals surface area contributed by atoms with E-state index in [0.29, 0.717) is 4.67 Å². The molecule has 1 fully saturated rings. The molecule has 0 atom stereocenters. The number of rotatable bonds is 3. The maximum Gasteiger partial charge on any atom is 0.289 e. The summed E-state index contributed by atoms with van der Waals surface area (Å²) >= 11 is 4.99. The molecule has 0 bridgehead atoms. The molecule has 0 saturated carbocycles. The Bertz CT molecular complexity index is 471. The second-order valence-corrected chi connectivity index (χ2v) is 6.26. The van der Waals surface area contributed by atoms with Crippen LogP contribution in [0.25, 0.3) is 0 Å². The zero-order valence-electron chi connectivity index (χ0n) is 10.6. The normalized spacial score (nSPS) is 15.4. The molecule has 1 saturated heterocycles. The lowest BCUT2D eigenvalue weighted by Gasteiger charge is -2.28. The molecule has 0 aliphatic carbocycles. The van der Waals surface area contributed by atoms with Gasteiger partial charge in [0.05, 0.1) is 6.54 Å². The van der Waals surface area contributed by atoms with Gasteiger partial charge in [-0.1, -0.05) is 0 Å². The van der Waals surface area contributed by atoms with E-state index in [1.54, 1.807) is 24.1 Å². The van der Waals surface area contributed by atoms with Crippen molar-refractivity contribution in [3.05, 3.63) is 22.6 Å². The van der Waals surface area contributed by atoms with Crippen molar-refractivity contribution < 1.29 is 14.0 Å². The molecule has 0 unspecified atom stereocenters. The van der Waals surface area contributed by atoms with Crippen LogP contribution in [0.1, 0.15) is 10.6 Å². The number of thioether (sulfide) groups is 1. The third-order valence-corrected chi connectivity index (χ3v) is 4.24. The van der Waals surface area contributed by atoms with Crippen molar-refractivity contribution >= 4 is 39.5 Å². The van der Waals surface area contributed by atoms with Crippen LogP contribution < -0.4 is 0 Å². The van der Waals surface area contributed by atoms with E-state index >= 15 is 0 Å². The van der Waals surface area contributed by atoms with Crippen LogP contribution in [0, 0.1) is 0 Å². The van der Waals surface area contributed by atoms with Crippen molar-refractivity contribution in [2.45, 2.75) is 0 Å². The van der Waals surface area contributed by atoms with Crippen LogP contribution >= 0.6 is 27.7 Å². The molecule has 2 rings (SSSR count). The monoisotopic (exact) mass is 346 g/mol. The van der Waals surface area contributed by atoms with E-state index in [4.69, 9.17) is 4.42 Å². The van der Waals surface area contributed by atoms with Crippen molar-refractivity contribution in [1.29, 1.82) is 0 Å². The number of hydrogen-bond donors (Lipinski definition) is 0. The zero-order chi connectivity index (χ0) is 13.8. The lowest BCUT2D eigenvalue weighted by molar-refractivity contribution is -0.131. The Morgan fingerprint density at radius 2 is 2.11 bits per heavy atom. The summed E-state index contributed by atoms with van der Waals surface area (Å²) in [6.45, 7) is 1.61. The molecule has 0 spiro atoms. The van der Waals surface area contributed by atoms with Gasteiger partial charge in [0, 0.05) is 31.6 Å². The van der Waals surface area contributed by atoms with E-state index in [1.807, 2.05) is 11.8 Å². The fourth-order valence-corrected chi connectivity index (χ4v) is 3.01. The Labute approximate surface area is 124 Å². The number of carbonyl (C=O) groups is 2. The average molecular weight is 347 g/mol. The largest absolute Gasteiger partial charge is 0.444 e. The third kappa shape index (κ3) is 3.76. The lowest BCUT2D eigenvalue weighted by atomic mass is 10.3. The molecule has 104 valence electrons. The lowest BCUT2D eigenvalue weighted by Crippen LogP contribution is -2.44. The van der Waals surface area contributed by atoms with Crippen molar-refractivity contribution in [2.75, 3.05) is 38.2 Å². The quantitative estimate of drug-likeness (QED) is 0.835. The number of amides is 2. The third-order valence-electron chi connectivity index (χ3n) is 2.87. The zero-order valence-corrected chi connectivity index (χ0v) is 13.0. The summed E-state index contributed by atoms with van der Waals surface area (Å²) in [5, 5.41) is 0. The van der Waals surface area contributed by atoms with E-state index < -0.39 is 0 Å². The molecule has 5 nitrogen and oxygen atoms in total. The molecule has 7 heteroatoms. The molecule has 1 aliphatic rings. The SMILES string of the molecule is CN(CC(=O)N1CCSCC1)C(=O)c1ccc(Br)o1. The van der Waals surface area contributed by atoms with Crippen molar-refractivity contribution in [3.8, 4) is 0 Å². The molecule has 2 heterocycles. The van der Waals surface area contributed by atoms with Gasteiger partial charge in [-0.3, -0.25) is 9.59 Å². The number of hydrogen-bond acceptors (Lipinski definition) is 4. The van der Waals surface area contributed by atoms with E-state index in [9.17, 15) is 9.59 Å². The number of nitrogens with zero attached hydrogens (tertiary/aromatic N) is 2. The first-order chi connectivity index (χ1) is 9.08. The fraction of sp³-hybridized carbons (Fsp3) is 0.500. The van der Waals surface area contributed by atoms with Crippen LogP contribution in [-0.4, -0.2) is 59.8 Å². The van der Waals surface area contributed by atoms with E-state index in [2.05, 4.69) is 15.9 Å². The minimum absolute atomic E-state index is 0.0122. The minimum Gasteiger partial charge on any atom is -0.444 e. The van der Waals surface area contributed by atoms with Gasteiger partial charge in [0.1, 0.15) is 0 Å². The highest BCUT2D eigenvalue weighted by Crippen LogP contribution is 2.15. The smallest absolute Gasteiger partial charge is 0.289 e. The van der Waals surface area contributed by atoms with Gasteiger partial charge in [0.25, 0.3) is 5.91 Å². The van der Waals surface area contributed by atoms with Gasteiger partial charge in [-0.25, -0.2) is 0 Å². The van der Waals surface area contributed by atoms with Gasteiger partial charge in [-0.15, -0.1) is 0 Å². The second kappa shape index (κ2) is 6.47. The molecular formula is C12H15BrN2O3S. The van der Waals surface area contributed by atoms with Crippen LogP contribution in [0.4, 0.5) is 0 Å². The molecular weight excluding hydrogens is 332 g/mol. The first kappa shape index (κ1) is 14.5. The number of furan rings is 1. The first-order valence-electron chi connectivity index (χ1n) is 5.94. The number of carbonyl (C=O) groups excluding carboxylic acids is 2. The maximum atomic E-state index is 12.0. The first-order valence-corrected chi connectivity index (χ1v) is 7.89. The molecule has 1 aromatic heterocycles. The van der Waals surface area contributed by atoms with Gasteiger partial charge in [0.2, 0.25) is 5.91 Å². The highest BCUT2D eigenvalue weighted by atomic mass is 79.9. The Balaban J connectivity index is 1.91. The summed E-state index contributed by atoms with van der Waals surface area (Å²) in [4.78, 5) is 27.2. The van der Waals surface area contributed by atoms with Gasteiger partial charge >= 0.3 is 0 Å². The molecule has 19 heavy (non-hydrogen) atoms. The van der Waals surface area contributed by atoms with Crippen molar-refractivity contribution in [2.24, 2.45) is 0 Å². The Morgan fingerprint density at radius 1 is 1.42 bits per heavy atom. The highest BCUT2D eigenvalue weighted by Gasteiger charge is 2.22. The van der Waals surface area contributed by atoms with Crippen LogP contribution in [0.3, 0.4) is 0 Å². The van der Waals surface area contributed by atoms with Gasteiger partial charge in [-0.2, -0.15) is 11.8 Å². The number of likely N-dealkylation sites (N-methyl/N-ethyl adjacent to an activating group) is 1. The summed E-state index contributed by atoms with van der Waals surface area (Å²) in [5.41, 5.74) is 0. The Hall–Kier alpha value is -0.950. The summed E-state index contributed by atoms with van der Waals surface area (Å²) < 4.78 is 5.69. The van der Waals surface area contributed by atoms with E-state index in [0.717, 1.165) is 24.6 Å². The van der Waals surface area contributed by atoms with Gasteiger partial charge < -0.3 is 14.2 Å². The molecule has 0 radical (unpaired) electrons. The molecule has 1 aliphatic heterocycles. The van der Waals surface area contributed by atoms with Crippen LogP contribution in [0.2, 0.25) is 0 Å². The van der Waals surface area contributed by atoms with E-state index in [-0.39, 0.29) is 24.1 Å². The average Bonchev–Trinajstić information content (AvgIpc) is 2.85. The molecule has 0 aromatic carbocycles. The number of halogens is 1. The second-order valence-electron chi connectivity index (χ2n) is 4.26. The summed E-state index contributed by atoms with van der Waals surface area (Å²) in [6.07, 6.45) is 0. The van der Waals surface area contributed by atoms with Crippen LogP contribution in [0.5, 0.6) is 0 Å². The molecule has 2 amide bonds. The predicted molar refractivity (Wildman–Crippen MR) is 77.3 cm³/mol. The Morgan fingerprint density at radius 3 is 2.68 bits per heavy atom.